The van der Waals surface area contributed by atoms with Crippen molar-refractivity contribution in [3.05, 3.63) is 59.7 Å². The van der Waals surface area contributed by atoms with E-state index in [0.29, 0.717) is 5.92 Å². The molecule has 1 heteroatoms. The summed E-state index contributed by atoms with van der Waals surface area (Å²) in [6.07, 6.45) is 0. The van der Waals surface area contributed by atoms with Gasteiger partial charge in [-0.05, 0) is 28.2 Å². The Morgan fingerprint density at radius 1 is 0.889 bits per heavy atom. The van der Waals surface area contributed by atoms with E-state index in [-0.39, 0.29) is 12.0 Å². The van der Waals surface area contributed by atoms with Gasteiger partial charge in [-0.25, -0.2) is 0 Å². The lowest BCUT2D eigenvalue weighted by atomic mass is 9.70. The zero-order valence-electron chi connectivity index (χ0n) is 10.9. The van der Waals surface area contributed by atoms with Gasteiger partial charge in [0.25, 0.3) is 0 Å². The lowest BCUT2D eigenvalue weighted by molar-refractivity contribution is 0.185. The SMILES string of the molecule is CC(C)C1(CO)c2ccccc2-c2ccccc21. The van der Waals surface area contributed by atoms with Gasteiger partial charge in [-0.1, -0.05) is 62.4 Å². The third kappa shape index (κ3) is 1.25. The van der Waals surface area contributed by atoms with E-state index < -0.39 is 0 Å². The smallest absolute Gasteiger partial charge is 0.0571 e. The standard InChI is InChI=1S/C17H18O/c1-12(2)17(11-18)15-9-5-3-7-13(15)14-8-4-6-10-16(14)17/h3-10,12,18H,11H2,1-2H3. The van der Waals surface area contributed by atoms with E-state index >= 15 is 0 Å². The highest BCUT2D eigenvalue weighted by molar-refractivity contribution is 5.81. The van der Waals surface area contributed by atoms with Gasteiger partial charge in [0.1, 0.15) is 0 Å². The molecule has 18 heavy (non-hydrogen) atoms. The molecule has 0 saturated carbocycles. The van der Waals surface area contributed by atoms with Crippen LogP contribution in [0.1, 0.15) is 25.0 Å². The molecule has 1 aliphatic rings. The van der Waals surface area contributed by atoms with E-state index in [9.17, 15) is 5.11 Å². The molecular formula is C17H18O. The van der Waals surface area contributed by atoms with Crippen LogP contribution in [0.15, 0.2) is 48.5 Å². The van der Waals surface area contributed by atoms with Gasteiger partial charge in [-0.3, -0.25) is 0 Å². The van der Waals surface area contributed by atoms with Crippen molar-refractivity contribution in [1.29, 1.82) is 0 Å². The third-order valence-electron chi connectivity index (χ3n) is 4.34. The highest BCUT2D eigenvalue weighted by Crippen LogP contribution is 2.52. The fourth-order valence-corrected chi connectivity index (χ4v) is 3.33. The monoisotopic (exact) mass is 238 g/mol. The summed E-state index contributed by atoms with van der Waals surface area (Å²) in [5.41, 5.74) is 4.84. The fourth-order valence-electron chi connectivity index (χ4n) is 3.33. The molecule has 0 bridgehead atoms. The summed E-state index contributed by atoms with van der Waals surface area (Å²) in [6.45, 7) is 4.54. The van der Waals surface area contributed by atoms with Crippen LogP contribution in [-0.2, 0) is 5.41 Å². The minimum atomic E-state index is -0.243. The molecule has 0 saturated heterocycles. The Bertz CT molecular complexity index is 538. The van der Waals surface area contributed by atoms with Gasteiger partial charge in [0.05, 0.1) is 6.61 Å². The van der Waals surface area contributed by atoms with Gasteiger partial charge in [-0.2, -0.15) is 0 Å². The molecule has 1 N–H and O–H groups in total. The van der Waals surface area contributed by atoms with Crippen LogP contribution in [0.4, 0.5) is 0 Å². The fraction of sp³-hybridized carbons (Fsp3) is 0.294. The summed E-state index contributed by atoms with van der Waals surface area (Å²) in [5, 5.41) is 10.1. The number of hydrogen-bond donors (Lipinski definition) is 1. The molecule has 0 atom stereocenters. The first kappa shape index (κ1) is 11.5. The average molecular weight is 238 g/mol. The molecule has 1 aliphatic carbocycles. The molecule has 0 aromatic heterocycles. The first-order valence-electron chi connectivity index (χ1n) is 6.52. The Morgan fingerprint density at radius 3 is 1.72 bits per heavy atom. The van der Waals surface area contributed by atoms with E-state index in [1.165, 1.54) is 22.3 Å². The molecule has 0 spiro atoms. The van der Waals surface area contributed by atoms with Crippen molar-refractivity contribution in [1.82, 2.24) is 0 Å². The second-order valence-corrected chi connectivity index (χ2v) is 5.38. The Balaban J connectivity index is 2.40. The second-order valence-electron chi connectivity index (χ2n) is 5.38. The van der Waals surface area contributed by atoms with Crippen LogP contribution in [0.3, 0.4) is 0 Å². The van der Waals surface area contributed by atoms with E-state index in [4.69, 9.17) is 0 Å². The number of aliphatic hydroxyl groups is 1. The van der Waals surface area contributed by atoms with Crippen molar-refractivity contribution in [2.24, 2.45) is 5.92 Å². The molecule has 0 aliphatic heterocycles. The van der Waals surface area contributed by atoms with Gasteiger partial charge in [0.2, 0.25) is 0 Å². The molecule has 92 valence electrons. The summed E-state index contributed by atoms with van der Waals surface area (Å²) < 4.78 is 0. The van der Waals surface area contributed by atoms with Crippen LogP contribution in [-0.4, -0.2) is 11.7 Å². The molecule has 0 amide bonds. The normalized spacial score (nSPS) is 15.6. The Kier molecular flexibility index (Phi) is 2.53. The number of hydrogen-bond acceptors (Lipinski definition) is 1. The van der Waals surface area contributed by atoms with Crippen LogP contribution in [0.2, 0.25) is 0 Å². The van der Waals surface area contributed by atoms with Gasteiger partial charge < -0.3 is 5.11 Å². The summed E-state index contributed by atoms with van der Waals surface area (Å²) in [6, 6.07) is 16.9. The van der Waals surface area contributed by atoms with Gasteiger partial charge in [0, 0.05) is 5.41 Å². The van der Waals surface area contributed by atoms with E-state index in [2.05, 4.69) is 62.4 Å². The number of aliphatic hydroxyl groups excluding tert-OH is 1. The maximum Gasteiger partial charge on any atom is 0.0571 e. The van der Waals surface area contributed by atoms with Crippen molar-refractivity contribution >= 4 is 0 Å². The zero-order valence-corrected chi connectivity index (χ0v) is 10.9. The quantitative estimate of drug-likeness (QED) is 0.847. The molecule has 0 unspecified atom stereocenters. The number of fused-ring (bicyclic) bond motifs is 3. The Hall–Kier alpha value is -1.60. The number of benzene rings is 2. The largest absolute Gasteiger partial charge is 0.395 e. The van der Waals surface area contributed by atoms with Crippen LogP contribution in [0.5, 0.6) is 0 Å². The van der Waals surface area contributed by atoms with Gasteiger partial charge in [0.15, 0.2) is 0 Å². The predicted octanol–water partition coefficient (Wildman–Crippen LogP) is 3.60. The molecular weight excluding hydrogens is 220 g/mol. The molecule has 1 nitrogen and oxygen atoms in total. The van der Waals surface area contributed by atoms with Crippen molar-refractivity contribution in [3.63, 3.8) is 0 Å². The lowest BCUT2D eigenvalue weighted by Gasteiger charge is -2.34. The summed E-state index contributed by atoms with van der Waals surface area (Å²) in [5.74, 6) is 0.368. The predicted molar refractivity (Wildman–Crippen MR) is 74.6 cm³/mol. The van der Waals surface area contributed by atoms with Crippen LogP contribution < -0.4 is 0 Å². The topological polar surface area (TPSA) is 20.2 Å². The number of rotatable bonds is 2. The van der Waals surface area contributed by atoms with E-state index in [1.807, 2.05) is 0 Å². The molecule has 2 aromatic carbocycles. The average Bonchev–Trinajstić information content (AvgIpc) is 2.70. The zero-order chi connectivity index (χ0) is 12.8. The van der Waals surface area contributed by atoms with Crippen molar-refractivity contribution in [2.75, 3.05) is 6.61 Å². The summed E-state index contributed by atoms with van der Waals surface area (Å²) in [7, 11) is 0. The minimum Gasteiger partial charge on any atom is -0.395 e. The second kappa shape index (κ2) is 3.96. The van der Waals surface area contributed by atoms with Crippen LogP contribution >= 0.6 is 0 Å². The van der Waals surface area contributed by atoms with Crippen molar-refractivity contribution in [3.8, 4) is 11.1 Å². The summed E-state index contributed by atoms with van der Waals surface area (Å²) >= 11 is 0. The Labute approximate surface area is 108 Å². The maximum absolute atomic E-state index is 10.1. The third-order valence-corrected chi connectivity index (χ3v) is 4.34. The maximum atomic E-state index is 10.1. The van der Waals surface area contributed by atoms with E-state index in [0.717, 1.165) is 0 Å². The first-order chi connectivity index (χ1) is 8.71. The highest BCUT2D eigenvalue weighted by Gasteiger charge is 2.44. The van der Waals surface area contributed by atoms with Crippen molar-refractivity contribution in [2.45, 2.75) is 19.3 Å². The lowest BCUT2D eigenvalue weighted by Crippen LogP contribution is -2.35. The van der Waals surface area contributed by atoms with Crippen LogP contribution in [0.25, 0.3) is 11.1 Å². The molecule has 3 rings (SSSR count). The van der Waals surface area contributed by atoms with E-state index in [1.54, 1.807) is 0 Å². The van der Waals surface area contributed by atoms with Crippen molar-refractivity contribution < 1.29 is 5.11 Å². The minimum absolute atomic E-state index is 0.165. The Morgan fingerprint density at radius 2 is 1.33 bits per heavy atom. The highest BCUT2D eigenvalue weighted by atomic mass is 16.3. The van der Waals surface area contributed by atoms with Crippen LogP contribution in [0, 0.1) is 5.92 Å². The van der Waals surface area contributed by atoms with Gasteiger partial charge in [-0.15, -0.1) is 0 Å². The first-order valence-corrected chi connectivity index (χ1v) is 6.52. The molecule has 0 radical (unpaired) electrons. The van der Waals surface area contributed by atoms with Gasteiger partial charge >= 0.3 is 0 Å². The molecule has 2 aromatic rings. The molecule has 0 fully saturated rings. The molecule has 0 heterocycles. The summed E-state index contributed by atoms with van der Waals surface area (Å²) in [4.78, 5) is 0.